The van der Waals surface area contributed by atoms with Gasteiger partial charge in [0.05, 0.1) is 6.54 Å². The van der Waals surface area contributed by atoms with Crippen LogP contribution in [-0.4, -0.2) is 39.7 Å². The van der Waals surface area contributed by atoms with E-state index >= 15 is 0 Å². The Morgan fingerprint density at radius 3 is 2.19 bits per heavy atom. The maximum absolute atomic E-state index is 14.0. The molecule has 1 aromatic rings. The van der Waals surface area contributed by atoms with Gasteiger partial charge in [-0.3, -0.25) is 14.5 Å². The Kier molecular flexibility index (Phi) is 9.66. The minimum absolute atomic E-state index is 0.0973. The quantitative estimate of drug-likeness (QED) is 0.388. The third kappa shape index (κ3) is 7.14. The normalized spacial score (nSPS) is 23.4. The standard InChI is InChI=1S/C31H48N4O2/c1-3-20-34(24(2)36)22-27-14-16-28(17-15-27)23-35-29(37)31(33-30(35)32,21-26-12-8-5-9-13-26)19-18-25-10-6-4-7-11-25/h14-17,25-26H,3-13,18-23H2,1-2H3,(H2,32,33). The number of aliphatic imine (C=N–C) groups is 1. The predicted molar refractivity (Wildman–Crippen MR) is 150 cm³/mol. The first-order chi connectivity index (χ1) is 17.9. The van der Waals surface area contributed by atoms with Crippen LogP contribution in [0.15, 0.2) is 29.3 Å². The number of carbonyl (C=O) groups excluding carboxylic acids is 2. The average molecular weight is 509 g/mol. The lowest BCUT2D eigenvalue weighted by Crippen LogP contribution is -2.45. The highest BCUT2D eigenvalue weighted by atomic mass is 16.2. The zero-order chi connectivity index (χ0) is 26.3. The molecule has 2 amide bonds. The van der Waals surface area contributed by atoms with Crippen LogP contribution in [0, 0.1) is 11.8 Å². The molecule has 2 saturated carbocycles. The van der Waals surface area contributed by atoms with Crippen molar-refractivity contribution in [2.75, 3.05) is 6.54 Å². The molecule has 1 atom stereocenters. The molecule has 6 heteroatoms. The Labute approximate surface area is 224 Å². The monoisotopic (exact) mass is 508 g/mol. The van der Waals surface area contributed by atoms with Crippen LogP contribution < -0.4 is 5.73 Å². The minimum Gasteiger partial charge on any atom is -0.369 e. The smallest absolute Gasteiger partial charge is 0.257 e. The summed E-state index contributed by atoms with van der Waals surface area (Å²) in [5, 5.41) is 0. The fourth-order valence-corrected chi connectivity index (χ4v) is 6.79. The number of hydrogen-bond donors (Lipinski definition) is 1. The van der Waals surface area contributed by atoms with Crippen LogP contribution in [0.1, 0.15) is 115 Å². The molecule has 0 spiro atoms. The summed E-state index contributed by atoms with van der Waals surface area (Å²) in [6.45, 7) is 5.54. The van der Waals surface area contributed by atoms with Crippen LogP contribution in [0.3, 0.4) is 0 Å². The highest BCUT2D eigenvalue weighted by molar-refractivity contribution is 6.06. The second-order valence-electron chi connectivity index (χ2n) is 11.9. The van der Waals surface area contributed by atoms with E-state index in [-0.39, 0.29) is 11.8 Å². The van der Waals surface area contributed by atoms with E-state index in [0.29, 0.717) is 25.0 Å². The molecule has 2 fully saturated rings. The molecule has 4 rings (SSSR count). The molecule has 0 aromatic heterocycles. The molecule has 204 valence electrons. The van der Waals surface area contributed by atoms with E-state index in [0.717, 1.165) is 49.3 Å². The van der Waals surface area contributed by atoms with Crippen molar-refractivity contribution in [1.29, 1.82) is 0 Å². The maximum atomic E-state index is 14.0. The predicted octanol–water partition coefficient (Wildman–Crippen LogP) is 6.17. The Balaban J connectivity index is 1.45. The van der Waals surface area contributed by atoms with Crippen LogP contribution >= 0.6 is 0 Å². The van der Waals surface area contributed by atoms with Gasteiger partial charge >= 0.3 is 0 Å². The molecule has 0 bridgehead atoms. The molecule has 6 nitrogen and oxygen atoms in total. The van der Waals surface area contributed by atoms with Gasteiger partial charge < -0.3 is 10.6 Å². The first kappa shape index (κ1) is 27.7. The van der Waals surface area contributed by atoms with Crippen molar-refractivity contribution < 1.29 is 9.59 Å². The molecule has 0 radical (unpaired) electrons. The Morgan fingerprint density at radius 2 is 1.59 bits per heavy atom. The Bertz CT molecular complexity index is 931. The zero-order valence-electron chi connectivity index (χ0n) is 23.2. The van der Waals surface area contributed by atoms with Gasteiger partial charge in [-0.15, -0.1) is 0 Å². The van der Waals surface area contributed by atoms with Crippen molar-refractivity contribution in [2.45, 2.75) is 122 Å². The van der Waals surface area contributed by atoms with Gasteiger partial charge in [-0.05, 0) is 48.6 Å². The largest absolute Gasteiger partial charge is 0.369 e. The fourth-order valence-electron chi connectivity index (χ4n) is 6.79. The Morgan fingerprint density at radius 1 is 1.00 bits per heavy atom. The van der Waals surface area contributed by atoms with Gasteiger partial charge in [0.15, 0.2) is 5.96 Å². The molecule has 3 aliphatic rings. The van der Waals surface area contributed by atoms with Crippen LogP contribution in [0.25, 0.3) is 0 Å². The van der Waals surface area contributed by atoms with Crippen molar-refractivity contribution in [1.82, 2.24) is 9.80 Å². The van der Waals surface area contributed by atoms with Gasteiger partial charge in [0, 0.05) is 20.0 Å². The van der Waals surface area contributed by atoms with Gasteiger partial charge in [0.1, 0.15) is 5.54 Å². The van der Waals surface area contributed by atoms with Gasteiger partial charge in [-0.25, -0.2) is 4.99 Å². The van der Waals surface area contributed by atoms with Crippen LogP contribution in [0.4, 0.5) is 0 Å². The summed E-state index contributed by atoms with van der Waals surface area (Å²) < 4.78 is 0. The van der Waals surface area contributed by atoms with E-state index in [9.17, 15) is 9.59 Å². The van der Waals surface area contributed by atoms with E-state index in [1.54, 1.807) is 11.8 Å². The summed E-state index contributed by atoms with van der Waals surface area (Å²) in [6.07, 6.45) is 16.6. The highest BCUT2D eigenvalue weighted by Gasteiger charge is 2.48. The minimum atomic E-state index is -0.675. The van der Waals surface area contributed by atoms with Crippen LogP contribution in [-0.2, 0) is 22.7 Å². The van der Waals surface area contributed by atoms with E-state index < -0.39 is 5.54 Å². The summed E-state index contributed by atoms with van der Waals surface area (Å²) in [4.78, 5) is 34.5. The lowest BCUT2D eigenvalue weighted by atomic mass is 9.75. The number of hydrogen-bond acceptors (Lipinski definition) is 4. The van der Waals surface area contributed by atoms with Crippen molar-refractivity contribution in [3.63, 3.8) is 0 Å². The fraction of sp³-hybridized carbons (Fsp3) is 0.710. The van der Waals surface area contributed by atoms with E-state index in [4.69, 9.17) is 10.7 Å². The van der Waals surface area contributed by atoms with E-state index in [2.05, 4.69) is 31.2 Å². The number of nitrogens with zero attached hydrogens (tertiary/aromatic N) is 3. The van der Waals surface area contributed by atoms with E-state index in [1.807, 2.05) is 4.90 Å². The molecule has 0 saturated heterocycles. The SMILES string of the molecule is CCCN(Cc1ccc(CN2C(=O)C(CCC3CCCCC3)(CC3CCCCC3)N=C2N)cc1)C(C)=O. The van der Waals surface area contributed by atoms with Crippen LogP contribution in [0.2, 0.25) is 0 Å². The summed E-state index contributed by atoms with van der Waals surface area (Å²) in [5.41, 5.74) is 7.95. The lowest BCUT2D eigenvalue weighted by Gasteiger charge is -2.33. The Hall–Kier alpha value is -2.37. The first-order valence-electron chi connectivity index (χ1n) is 14.9. The number of guanidine groups is 1. The number of nitrogens with two attached hydrogens (primary N) is 1. The number of rotatable bonds is 11. The number of carbonyl (C=O) groups is 2. The van der Waals surface area contributed by atoms with Crippen molar-refractivity contribution >= 4 is 17.8 Å². The summed E-state index contributed by atoms with van der Waals surface area (Å²) >= 11 is 0. The van der Waals surface area contributed by atoms with Gasteiger partial charge in [-0.1, -0.05) is 95.4 Å². The van der Waals surface area contributed by atoms with Gasteiger partial charge in [-0.2, -0.15) is 0 Å². The molecular formula is C31H48N4O2. The summed E-state index contributed by atoms with van der Waals surface area (Å²) in [5.74, 6) is 1.90. The van der Waals surface area contributed by atoms with Crippen molar-refractivity contribution in [2.24, 2.45) is 22.6 Å². The first-order valence-corrected chi connectivity index (χ1v) is 14.9. The molecular weight excluding hydrogens is 460 g/mol. The third-order valence-electron chi connectivity index (χ3n) is 8.97. The molecule has 1 heterocycles. The van der Waals surface area contributed by atoms with Gasteiger partial charge in [0.25, 0.3) is 5.91 Å². The second-order valence-corrected chi connectivity index (χ2v) is 11.9. The topological polar surface area (TPSA) is 79.0 Å². The molecule has 1 aromatic carbocycles. The lowest BCUT2D eigenvalue weighted by molar-refractivity contribution is -0.133. The summed E-state index contributed by atoms with van der Waals surface area (Å²) in [6, 6.07) is 8.24. The maximum Gasteiger partial charge on any atom is 0.257 e. The van der Waals surface area contributed by atoms with E-state index in [1.165, 1.54) is 64.2 Å². The average Bonchev–Trinajstić information content (AvgIpc) is 3.13. The highest BCUT2D eigenvalue weighted by Crippen LogP contribution is 2.41. The zero-order valence-corrected chi connectivity index (χ0v) is 23.2. The molecule has 2 N–H and O–H groups in total. The van der Waals surface area contributed by atoms with Crippen LogP contribution in [0.5, 0.6) is 0 Å². The second kappa shape index (κ2) is 12.9. The van der Waals surface area contributed by atoms with Gasteiger partial charge in [0.2, 0.25) is 5.91 Å². The number of amides is 2. The van der Waals surface area contributed by atoms with Crippen molar-refractivity contribution in [3.8, 4) is 0 Å². The molecule has 37 heavy (non-hydrogen) atoms. The number of benzene rings is 1. The van der Waals surface area contributed by atoms with Crippen molar-refractivity contribution in [3.05, 3.63) is 35.4 Å². The molecule has 1 unspecified atom stereocenters. The summed E-state index contributed by atoms with van der Waals surface area (Å²) in [7, 11) is 0. The molecule has 2 aliphatic carbocycles. The third-order valence-corrected chi connectivity index (χ3v) is 8.97. The molecule has 1 aliphatic heterocycles.